The predicted molar refractivity (Wildman–Crippen MR) is 109 cm³/mol. The molecule has 3 heterocycles. The molecule has 3 aromatic heterocycles. The summed E-state index contributed by atoms with van der Waals surface area (Å²) in [7, 11) is 0. The van der Waals surface area contributed by atoms with E-state index < -0.39 is 17.7 Å². The van der Waals surface area contributed by atoms with Crippen molar-refractivity contribution in [2.24, 2.45) is 0 Å². The fraction of sp³-hybridized carbons (Fsp3) is 0.100. The molecule has 9 heteroatoms. The van der Waals surface area contributed by atoms with Crippen LogP contribution < -0.4 is 10.6 Å². The molecule has 2 amide bonds. The van der Waals surface area contributed by atoms with E-state index >= 15 is 4.39 Å². The number of halogens is 2. The molecule has 0 aliphatic rings. The summed E-state index contributed by atoms with van der Waals surface area (Å²) in [5.74, 6) is -1.10. The normalized spacial score (nSPS) is 10.9. The quantitative estimate of drug-likeness (QED) is 0.504. The average Bonchev–Trinajstić information content (AvgIpc) is 3.14. The first-order valence-corrected chi connectivity index (χ1v) is 9.59. The van der Waals surface area contributed by atoms with Gasteiger partial charge in [0.15, 0.2) is 10.9 Å². The third-order valence-corrected chi connectivity index (χ3v) is 5.17. The number of nitrogens with zero attached hydrogens (tertiary/aromatic N) is 3. The summed E-state index contributed by atoms with van der Waals surface area (Å²) in [4.78, 5) is 24.2. The molecule has 0 unspecified atom stereocenters. The summed E-state index contributed by atoms with van der Waals surface area (Å²) >= 11 is 1.06. The van der Waals surface area contributed by atoms with Gasteiger partial charge in [-0.05, 0) is 42.8 Å². The number of pyridine rings is 2. The van der Waals surface area contributed by atoms with Gasteiger partial charge in [0.25, 0.3) is 0 Å². The van der Waals surface area contributed by atoms with Crippen LogP contribution in [0.2, 0.25) is 0 Å². The van der Waals surface area contributed by atoms with Crippen LogP contribution in [0.3, 0.4) is 0 Å². The van der Waals surface area contributed by atoms with Gasteiger partial charge in [0, 0.05) is 36.3 Å². The van der Waals surface area contributed by atoms with E-state index in [0.717, 1.165) is 11.3 Å². The molecule has 0 aliphatic heterocycles. The number of carbonyl (C=O) groups is 1. The molecule has 0 saturated carbocycles. The Morgan fingerprint density at radius 1 is 1.14 bits per heavy atom. The summed E-state index contributed by atoms with van der Waals surface area (Å²) in [5.41, 5.74) is 1.34. The summed E-state index contributed by atoms with van der Waals surface area (Å²) < 4.78 is 30.2. The lowest BCUT2D eigenvalue weighted by atomic mass is 10.0. The first kappa shape index (κ1) is 18.9. The van der Waals surface area contributed by atoms with Crippen molar-refractivity contribution in [3.63, 3.8) is 0 Å². The van der Waals surface area contributed by atoms with Gasteiger partial charge in [-0.3, -0.25) is 15.3 Å². The fourth-order valence-electron chi connectivity index (χ4n) is 2.91. The van der Waals surface area contributed by atoms with E-state index in [0.29, 0.717) is 22.4 Å². The highest BCUT2D eigenvalue weighted by molar-refractivity contribution is 7.22. The molecule has 0 atom stereocenters. The van der Waals surface area contributed by atoms with E-state index in [9.17, 15) is 9.18 Å². The van der Waals surface area contributed by atoms with E-state index in [2.05, 4.69) is 25.6 Å². The number of carbonyl (C=O) groups excluding carboxylic acids is 1. The van der Waals surface area contributed by atoms with Gasteiger partial charge in [0.1, 0.15) is 17.0 Å². The van der Waals surface area contributed by atoms with Crippen molar-refractivity contribution in [2.45, 2.75) is 6.92 Å². The second kappa shape index (κ2) is 7.88. The van der Waals surface area contributed by atoms with Crippen LogP contribution in [0.15, 0.2) is 48.9 Å². The Morgan fingerprint density at radius 2 is 1.93 bits per heavy atom. The molecule has 0 radical (unpaired) electrons. The summed E-state index contributed by atoms with van der Waals surface area (Å²) in [6.45, 7) is 2.21. The van der Waals surface area contributed by atoms with Crippen LogP contribution in [0.5, 0.6) is 0 Å². The van der Waals surface area contributed by atoms with Crippen LogP contribution >= 0.6 is 11.3 Å². The fourth-order valence-corrected chi connectivity index (χ4v) is 3.88. The number of rotatable bonds is 4. The van der Waals surface area contributed by atoms with Crippen molar-refractivity contribution >= 4 is 32.7 Å². The minimum Gasteiger partial charge on any atom is -0.338 e. The van der Waals surface area contributed by atoms with Crippen molar-refractivity contribution in [3.8, 4) is 22.4 Å². The lowest BCUT2D eigenvalue weighted by Gasteiger charge is -2.09. The number of fused-ring (bicyclic) bond motifs is 1. The first-order chi connectivity index (χ1) is 14.1. The molecular formula is C20H15F2N5OS. The molecule has 0 saturated heterocycles. The van der Waals surface area contributed by atoms with Gasteiger partial charge in [-0.15, -0.1) is 0 Å². The number of hydrogen-bond acceptors (Lipinski definition) is 5. The highest BCUT2D eigenvalue weighted by atomic mass is 32.1. The van der Waals surface area contributed by atoms with Gasteiger partial charge in [-0.1, -0.05) is 11.3 Å². The van der Waals surface area contributed by atoms with Gasteiger partial charge >= 0.3 is 6.03 Å². The second-order valence-electron chi connectivity index (χ2n) is 6.04. The van der Waals surface area contributed by atoms with E-state index in [1.165, 1.54) is 18.3 Å². The van der Waals surface area contributed by atoms with Crippen LogP contribution in [0.4, 0.5) is 18.7 Å². The second-order valence-corrected chi connectivity index (χ2v) is 7.04. The Labute approximate surface area is 168 Å². The molecule has 146 valence electrons. The number of amides is 2. The predicted octanol–water partition coefficient (Wildman–Crippen LogP) is 4.84. The highest BCUT2D eigenvalue weighted by Crippen LogP contribution is 2.40. The van der Waals surface area contributed by atoms with Gasteiger partial charge in [-0.25, -0.2) is 18.6 Å². The van der Waals surface area contributed by atoms with Crippen molar-refractivity contribution in [2.75, 3.05) is 11.9 Å². The molecule has 4 rings (SSSR count). The lowest BCUT2D eigenvalue weighted by molar-refractivity contribution is 0.252. The van der Waals surface area contributed by atoms with Gasteiger partial charge in [-0.2, -0.15) is 0 Å². The van der Waals surface area contributed by atoms with E-state index in [4.69, 9.17) is 0 Å². The number of hydrogen-bond donors (Lipinski definition) is 2. The van der Waals surface area contributed by atoms with Gasteiger partial charge < -0.3 is 5.32 Å². The van der Waals surface area contributed by atoms with Gasteiger partial charge in [0.05, 0.1) is 4.70 Å². The number of thiazole rings is 1. The highest BCUT2D eigenvalue weighted by Gasteiger charge is 2.21. The van der Waals surface area contributed by atoms with Crippen LogP contribution in [-0.4, -0.2) is 27.5 Å². The number of urea groups is 1. The monoisotopic (exact) mass is 411 g/mol. The van der Waals surface area contributed by atoms with Gasteiger partial charge in [0.2, 0.25) is 0 Å². The molecule has 0 bridgehead atoms. The average molecular weight is 411 g/mol. The zero-order valence-electron chi connectivity index (χ0n) is 15.2. The number of nitrogens with one attached hydrogen (secondary N) is 2. The maximum atomic E-state index is 15.3. The standard InChI is InChI=1S/C20H15F2N5OS/c1-2-24-19(28)27-20-26-17-15(22)12(11-5-8-23-9-6-11)10-13(18(17)29-20)16-14(21)4-3-7-25-16/h3-10H,2H2,1H3,(H2,24,26,27,28). The molecule has 0 spiro atoms. The zero-order chi connectivity index (χ0) is 20.4. The summed E-state index contributed by atoms with van der Waals surface area (Å²) in [6, 6.07) is 7.18. The number of anilines is 1. The molecule has 1 aromatic carbocycles. The summed E-state index contributed by atoms with van der Waals surface area (Å²) in [6.07, 6.45) is 4.56. The van der Waals surface area contributed by atoms with Crippen molar-refractivity contribution in [1.82, 2.24) is 20.3 Å². The topological polar surface area (TPSA) is 79.8 Å². The summed E-state index contributed by atoms with van der Waals surface area (Å²) in [5, 5.41) is 5.37. The van der Waals surface area contributed by atoms with Crippen LogP contribution in [-0.2, 0) is 0 Å². The van der Waals surface area contributed by atoms with E-state index in [1.54, 1.807) is 37.5 Å². The largest absolute Gasteiger partial charge is 0.338 e. The Morgan fingerprint density at radius 3 is 2.66 bits per heavy atom. The van der Waals surface area contributed by atoms with Crippen molar-refractivity contribution in [1.29, 1.82) is 0 Å². The molecule has 0 aliphatic carbocycles. The molecule has 4 aromatic rings. The third-order valence-electron chi connectivity index (χ3n) is 4.17. The smallest absolute Gasteiger partial charge is 0.321 e. The van der Waals surface area contributed by atoms with Crippen molar-refractivity contribution in [3.05, 3.63) is 60.6 Å². The molecule has 29 heavy (non-hydrogen) atoms. The lowest BCUT2D eigenvalue weighted by Crippen LogP contribution is -2.28. The Balaban J connectivity index is 1.96. The molecule has 2 N–H and O–H groups in total. The van der Waals surface area contributed by atoms with Crippen molar-refractivity contribution < 1.29 is 13.6 Å². The third kappa shape index (κ3) is 3.64. The van der Waals surface area contributed by atoms with E-state index in [1.807, 2.05) is 0 Å². The Kier molecular flexibility index (Phi) is 5.13. The minimum absolute atomic E-state index is 0.0381. The first-order valence-electron chi connectivity index (χ1n) is 8.77. The Hall–Kier alpha value is -3.46. The molecular weight excluding hydrogens is 396 g/mol. The zero-order valence-corrected chi connectivity index (χ0v) is 16.1. The van der Waals surface area contributed by atoms with Crippen LogP contribution in [0.25, 0.3) is 32.6 Å². The number of aromatic nitrogens is 3. The SMILES string of the molecule is CCNC(=O)Nc1nc2c(F)c(-c3ccncc3)cc(-c3ncccc3F)c2s1. The van der Waals surface area contributed by atoms with E-state index in [-0.39, 0.29) is 21.9 Å². The van der Waals surface area contributed by atoms with Crippen LogP contribution in [0, 0.1) is 11.6 Å². The maximum absolute atomic E-state index is 15.3. The Bertz CT molecular complexity index is 1200. The maximum Gasteiger partial charge on any atom is 0.321 e. The molecule has 6 nitrogen and oxygen atoms in total. The minimum atomic E-state index is -0.563. The molecule has 0 fully saturated rings. The number of benzene rings is 1. The van der Waals surface area contributed by atoms with Crippen LogP contribution in [0.1, 0.15) is 6.92 Å².